The van der Waals surface area contributed by atoms with Crippen LogP contribution in [0.4, 0.5) is 10.2 Å². The highest BCUT2D eigenvalue weighted by molar-refractivity contribution is 5.55. The molecule has 2 heterocycles. The Morgan fingerprint density at radius 3 is 2.88 bits per heavy atom. The van der Waals surface area contributed by atoms with Gasteiger partial charge in [-0.05, 0) is 47.5 Å². The summed E-state index contributed by atoms with van der Waals surface area (Å²) in [5.74, 6) is -0.492. The largest absolute Gasteiger partial charge is 0.473 e. The second-order valence-electron chi connectivity index (χ2n) is 5.26. The van der Waals surface area contributed by atoms with Crippen LogP contribution in [0.2, 0.25) is 0 Å². The lowest BCUT2D eigenvalue weighted by Gasteiger charge is -2.09. The highest BCUT2D eigenvalue weighted by Crippen LogP contribution is 2.29. The third kappa shape index (κ3) is 3.44. The third-order valence-corrected chi connectivity index (χ3v) is 3.45. The predicted molar refractivity (Wildman–Crippen MR) is 84.4 cm³/mol. The molecule has 3 aromatic rings. The van der Waals surface area contributed by atoms with Crippen molar-refractivity contribution < 1.29 is 18.6 Å². The second-order valence-corrected chi connectivity index (χ2v) is 5.26. The van der Waals surface area contributed by atoms with Gasteiger partial charge >= 0.3 is 5.82 Å². The number of halogens is 1. The first-order valence-electron chi connectivity index (χ1n) is 7.32. The maximum atomic E-state index is 13.7. The van der Waals surface area contributed by atoms with Gasteiger partial charge in [0, 0.05) is 5.56 Å². The molecule has 0 aliphatic heterocycles. The maximum Gasteiger partial charge on any atom is 0.406 e. The summed E-state index contributed by atoms with van der Waals surface area (Å²) in [5.41, 5.74) is 0.964. The van der Waals surface area contributed by atoms with Crippen molar-refractivity contribution in [3.05, 3.63) is 63.9 Å². The van der Waals surface area contributed by atoms with Gasteiger partial charge in [-0.1, -0.05) is 17.3 Å². The lowest BCUT2D eigenvalue weighted by Crippen LogP contribution is -2.06. The second kappa shape index (κ2) is 6.63. The van der Waals surface area contributed by atoms with Crippen LogP contribution >= 0.6 is 0 Å². The molecule has 8 nitrogen and oxygen atoms in total. The average molecular weight is 344 g/mol. The summed E-state index contributed by atoms with van der Waals surface area (Å²) in [4.78, 5) is 18.1. The van der Waals surface area contributed by atoms with E-state index in [0.717, 1.165) is 0 Å². The quantitative estimate of drug-likeness (QED) is 0.514. The van der Waals surface area contributed by atoms with Crippen molar-refractivity contribution >= 4 is 5.82 Å². The third-order valence-electron chi connectivity index (χ3n) is 3.45. The Labute approximate surface area is 141 Å². The fraction of sp³-hybridized carbons (Fsp3) is 0.188. The van der Waals surface area contributed by atoms with Crippen molar-refractivity contribution in [2.24, 2.45) is 0 Å². The first-order chi connectivity index (χ1) is 12.0. The van der Waals surface area contributed by atoms with E-state index in [9.17, 15) is 14.5 Å². The van der Waals surface area contributed by atoms with E-state index in [1.165, 1.54) is 24.4 Å². The lowest BCUT2D eigenvalue weighted by atomic mass is 10.1. The Morgan fingerprint density at radius 2 is 2.16 bits per heavy atom. The minimum atomic E-state index is -0.751. The van der Waals surface area contributed by atoms with E-state index < -0.39 is 16.8 Å². The molecule has 1 aromatic carbocycles. The Balaban J connectivity index is 1.82. The van der Waals surface area contributed by atoms with Crippen LogP contribution in [0.5, 0.6) is 5.75 Å². The molecule has 25 heavy (non-hydrogen) atoms. The van der Waals surface area contributed by atoms with Crippen molar-refractivity contribution in [1.29, 1.82) is 0 Å². The summed E-state index contributed by atoms with van der Waals surface area (Å²) in [6.07, 6.45) is 0.548. The molecule has 0 N–H and O–H groups in total. The molecule has 0 aliphatic carbocycles. The molecule has 0 unspecified atom stereocenters. The first kappa shape index (κ1) is 16.5. The van der Waals surface area contributed by atoms with E-state index in [1.807, 2.05) is 0 Å². The number of hydrogen-bond acceptors (Lipinski definition) is 7. The number of nitrogens with zero attached hydrogens (tertiary/aromatic N) is 4. The van der Waals surface area contributed by atoms with Crippen LogP contribution in [0.3, 0.4) is 0 Å². The van der Waals surface area contributed by atoms with Gasteiger partial charge in [-0.2, -0.15) is 4.98 Å². The number of rotatable bonds is 5. The van der Waals surface area contributed by atoms with Crippen LogP contribution in [0.1, 0.15) is 24.5 Å². The average Bonchev–Trinajstić information content (AvgIpc) is 3.08. The zero-order valence-corrected chi connectivity index (χ0v) is 13.3. The van der Waals surface area contributed by atoms with E-state index in [4.69, 9.17) is 9.26 Å². The topological polar surface area (TPSA) is 104 Å². The van der Waals surface area contributed by atoms with Crippen molar-refractivity contribution in [1.82, 2.24) is 15.1 Å². The van der Waals surface area contributed by atoms with Gasteiger partial charge in [0.2, 0.25) is 11.6 Å². The van der Waals surface area contributed by atoms with Crippen molar-refractivity contribution in [3.8, 4) is 17.1 Å². The minimum absolute atomic E-state index is 0.0128. The van der Waals surface area contributed by atoms with Crippen LogP contribution in [-0.2, 0) is 0 Å². The van der Waals surface area contributed by atoms with Crippen molar-refractivity contribution in [2.75, 3.05) is 0 Å². The number of hydrogen-bond donors (Lipinski definition) is 0. The molecule has 3 rings (SSSR count). The molecule has 9 heteroatoms. The summed E-state index contributed by atoms with van der Waals surface area (Å²) in [7, 11) is 0. The summed E-state index contributed by atoms with van der Waals surface area (Å²) < 4.78 is 24.3. The number of aromatic nitrogens is 3. The molecule has 0 amide bonds. The standard InChI is InChI=1S/C16H13FN4O4/c1-9-5-6-11(8-12(9)17)14-19-16(25-20-14)10(2)24-13-4-3-7-18-15(13)21(22)23/h3-8,10H,1-2H3/t10-/m0/s1. The number of ether oxygens (including phenoxy) is 1. The van der Waals surface area contributed by atoms with E-state index in [2.05, 4.69) is 15.1 Å². The molecule has 2 aromatic heterocycles. The predicted octanol–water partition coefficient (Wildman–Crippen LogP) is 3.63. The van der Waals surface area contributed by atoms with Crippen molar-refractivity contribution in [2.45, 2.75) is 20.0 Å². The summed E-state index contributed by atoms with van der Waals surface area (Å²) in [5, 5.41) is 14.8. The number of pyridine rings is 1. The van der Waals surface area contributed by atoms with Gasteiger partial charge in [0.1, 0.15) is 12.0 Å². The lowest BCUT2D eigenvalue weighted by molar-refractivity contribution is -0.390. The number of aryl methyl sites for hydroxylation is 1. The summed E-state index contributed by atoms with van der Waals surface area (Å²) >= 11 is 0. The van der Waals surface area contributed by atoms with E-state index in [-0.39, 0.29) is 23.3 Å². The highest BCUT2D eigenvalue weighted by Gasteiger charge is 2.22. The molecule has 0 saturated carbocycles. The molecule has 0 bridgehead atoms. The van der Waals surface area contributed by atoms with E-state index in [1.54, 1.807) is 26.0 Å². The molecule has 1 atom stereocenters. The Morgan fingerprint density at radius 1 is 1.36 bits per heavy atom. The van der Waals surface area contributed by atoms with Crippen LogP contribution < -0.4 is 4.74 Å². The fourth-order valence-electron chi connectivity index (χ4n) is 2.10. The Hall–Kier alpha value is -3.36. The molecular weight excluding hydrogens is 331 g/mol. The van der Waals surface area contributed by atoms with Crippen LogP contribution in [0, 0.1) is 22.9 Å². The summed E-state index contributed by atoms with van der Waals surface area (Å²) in [6, 6.07) is 7.53. The molecule has 0 aliphatic rings. The van der Waals surface area contributed by atoms with Gasteiger partial charge in [-0.3, -0.25) is 0 Å². The zero-order valence-electron chi connectivity index (χ0n) is 13.3. The van der Waals surface area contributed by atoms with Gasteiger partial charge in [0.05, 0.1) is 0 Å². The Bertz CT molecular complexity index is 928. The molecule has 128 valence electrons. The van der Waals surface area contributed by atoms with Crippen molar-refractivity contribution in [3.63, 3.8) is 0 Å². The molecule has 0 fully saturated rings. The zero-order chi connectivity index (χ0) is 18.0. The normalized spacial score (nSPS) is 12.0. The van der Waals surface area contributed by atoms with E-state index in [0.29, 0.717) is 11.1 Å². The monoisotopic (exact) mass is 344 g/mol. The minimum Gasteiger partial charge on any atom is -0.473 e. The molecule has 0 spiro atoms. The number of nitro groups is 1. The van der Waals surface area contributed by atoms with E-state index >= 15 is 0 Å². The molecule has 0 saturated heterocycles. The number of benzene rings is 1. The molecular formula is C16H13FN4O4. The molecule has 0 radical (unpaired) electrons. The highest BCUT2D eigenvalue weighted by atomic mass is 19.1. The SMILES string of the molecule is Cc1ccc(-c2noc([C@H](C)Oc3cccnc3[N+](=O)[O-])n2)cc1F. The van der Waals surface area contributed by atoms with Gasteiger partial charge in [0.25, 0.3) is 5.89 Å². The maximum absolute atomic E-state index is 13.7. The Kier molecular flexibility index (Phi) is 4.38. The summed E-state index contributed by atoms with van der Waals surface area (Å²) in [6.45, 7) is 3.25. The van der Waals surface area contributed by atoms with Crippen LogP contribution in [-0.4, -0.2) is 20.0 Å². The van der Waals surface area contributed by atoms with Gasteiger partial charge in [-0.25, -0.2) is 4.39 Å². The fourth-order valence-corrected chi connectivity index (χ4v) is 2.10. The van der Waals surface area contributed by atoms with Gasteiger partial charge in [-0.15, -0.1) is 0 Å². The smallest absolute Gasteiger partial charge is 0.406 e. The van der Waals surface area contributed by atoms with Crippen LogP contribution in [0.15, 0.2) is 41.1 Å². The van der Waals surface area contributed by atoms with Crippen LogP contribution in [0.25, 0.3) is 11.4 Å². The van der Waals surface area contributed by atoms with Gasteiger partial charge < -0.3 is 19.4 Å². The van der Waals surface area contributed by atoms with Gasteiger partial charge in [0.15, 0.2) is 6.10 Å². The first-order valence-corrected chi connectivity index (χ1v) is 7.32.